The SMILES string of the molecule is O=C(NCc1c(F)cc(F)cc1F)c1cn2c(c(O)c1=O)C(=O)N1C[C@@H]2CCc2cc(F)ccc21. The van der Waals surface area contributed by atoms with Crippen LogP contribution in [0, 0.1) is 23.3 Å². The Morgan fingerprint density at radius 2 is 1.77 bits per heavy atom. The second kappa shape index (κ2) is 8.26. The van der Waals surface area contributed by atoms with E-state index in [2.05, 4.69) is 5.32 Å². The van der Waals surface area contributed by atoms with Crippen LogP contribution in [0.15, 0.2) is 41.3 Å². The van der Waals surface area contributed by atoms with Crippen molar-refractivity contribution in [2.45, 2.75) is 25.4 Å². The van der Waals surface area contributed by atoms with Gasteiger partial charge in [-0.25, -0.2) is 17.6 Å². The largest absolute Gasteiger partial charge is 0.503 e. The molecule has 0 saturated heterocycles. The molecule has 2 aliphatic rings. The molecule has 0 radical (unpaired) electrons. The zero-order valence-electron chi connectivity index (χ0n) is 17.9. The first-order valence-electron chi connectivity index (χ1n) is 10.7. The van der Waals surface area contributed by atoms with E-state index in [-0.39, 0.29) is 12.2 Å². The van der Waals surface area contributed by atoms with Gasteiger partial charge in [0.2, 0.25) is 5.43 Å². The Bertz CT molecular complexity index is 1450. The lowest BCUT2D eigenvalue weighted by atomic mass is 10.0. The van der Waals surface area contributed by atoms with E-state index in [0.29, 0.717) is 36.2 Å². The number of hydrogen-bond donors (Lipinski definition) is 2. The summed E-state index contributed by atoms with van der Waals surface area (Å²) in [6.07, 6.45) is 1.95. The van der Waals surface area contributed by atoms with Crippen molar-refractivity contribution in [2.24, 2.45) is 0 Å². The lowest BCUT2D eigenvalue weighted by molar-refractivity contribution is 0.0929. The van der Waals surface area contributed by atoms with Crippen LogP contribution in [-0.4, -0.2) is 28.0 Å². The maximum atomic E-state index is 13.9. The third-order valence-corrected chi connectivity index (χ3v) is 6.30. The Morgan fingerprint density at radius 1 is 1.06 bits per heavy atom. The molecule has 0 saturated carbocycles. The molecule has 35 heavy (non-hydrogen) atoms. The van der Waals surface area contributed by atoms with E-state index in [1.165, 1.54) is 27.7 Å². The highest BCUT2D eigenvalue weighted by Crippen LogP contribution is 2.37. The van der Waals surface area contributed by atoms with Crippen molar-refractivity contribution in [3.63, 3.8) is 0 Å². The van der Waals surface area contributed by atoms with Crippen LogP contribution in [0.2, 0.25) is 0 Å². The number of aromatic hydroxyl groups is 1. The minimum absolute atomic E-state index is 0.167. The molecular weight excluding hydrogens is 470 g/mol. The van der Waals surface area contributed by atoms with Crippen molar-refractivity contribution < 1.29 is 32.3 Å². The highest BCUT2D eigenvalue weighted by molar-refractivity contribution is 6.08. The molecule has 2 aromatic carbocycles. The molecule has 1 aromatic heterocycles. The third-order valence-electron chi connectivity index (χ3n) is 6.30. The highest BCUT2D eigenvalue weighted by Gasteiger charge is 2.38. The van der Waals surface area contributed by atoms with E-state index >= 15 is 0 Å². The van der Waals surface area contributed by atoms with Gasteiger partial charge in [0, 0.05) is 42.7 Å². The van der Waals surface area contributed by atoms with E-state index in [4.69, 9.17) is 0 Å². The minimum Gasteiger partial charge on any atom is -0.503 e. The number of amides is 2. The molecule has 0 aliphatic carbocycles. The Hall–Kier alpha value is -4.15. The zero-order valence-corrected chi connectivity index (χ0v) is 17.9. The number of aromatic nitrogens is 1. The van der Waals surface area contributed by atoms with Crippen LogP contribution in [-0.2, 0) is 13.0 Å². The van der Waals surface area contributed by atoms with Crippen molar-refractivity contribution in [1.82, 2.24) is 9.88 Å². The molecule has 7 nitrogen and oxygen atoms in total. The molecule has 2 amide bonds. The van der Waals surface area contributed by atoms with E-state index in [1.807, 2.05) is 0 Å². The molecule has 5 rings (SSSR count). The van der Waals surface area contributed by atoms with Gasteiger partial charge in [0.1, 0.15) is 28.8 Å². The number of pyridine rings is 1. The summed E-state index contributed by atoms with van der Waals surface area (Å²) in [5, 5.41) is 12.8. The molecule has 0 fully saturated rings. The van der Waals surface area contributed by atoms with Gasteiger partial charge in [-0.2, -0.15) is 0 Å². The van der Waals surface area contributed by atoms with Gasteiger partial charge in [0.15, 0.2) is 11.4 Å². The molecule has 3 aromatic rings. The first-order valence-corrected chi connectivity index (χ1v) is 10.7. The molecule has 180 valence electrons. The number of hydrogen-bond acceptors (Lipinski definition) is 4. The normalized spacial score (nSPS) is 16.4. The van der Waals surface area contributed by atoms with Crippen LogP contribution in [0.4, 0.5) is 23.2 Å². The molecule has 11 heteroatoms. The minimum atomic E-state index is -1.21. The fraction of sp³-hybridized carbons (Fsp3) is 0.208. The van der Waals surface area contributed by atoms with Gasteiger partial charge in [0.05, 0.1) is 6.04 Å². The van der Waals surface area contributed by atoms with E-state index < -0.39 is 70.0 Å². The smallest absolute Gasteiger partial charge is 0.279 e. The Labute approximate surface area is 195 Å². The summed E-state index contributed by atoms with van der Waals surface area (Å²) in [6.45, 7) is -0.518. The summed E-state index contributed by atoms with van der Waals surface area (Å²) >= 11 is 0. The topological polar surface area (TPSA) is 91.6 Å². The summed E-state index contributed by atoms with van der Waals surface area (Å²) in [5.41, 5.74) is -1.53. The average Bonchev–Trinajstić information content (AvgIpc) is 2.96. The van der Waals surface area contributed by atoms with E-state index in [9.17, 15) is 37.1 Å². The third kappa shape index (κ3) is 3.72. The number of nitrogens with zero attached hydrogens (tertiary/aromatic N) is 2. The van der Waals surface area contributed by atoms with Crippen LogP contribution in [0.25, 0.3) is 0 Å². The molecule has 3 heterocycles. The second-order valence-corrected chi connectivity index (χ2v) is 8.39. The summed E-state index contributed by atoms with van der Waals surface area (Å²) < 4.78 is 56.0. The van der Waals surface area contributed by atoms with Gasteiger partial charge >= 0.3 is 0 Å². The number of nitrogens with one attached hydrogen (secondary N) is 1. The molecule has 2 N–H and O–H groups in total. The van der Waals surface area contributed by atoms with Gasteiger partial charge in [-0.05, 0) is 36.6 Å². The van der Waals surface area contributed by atoms with Crippen molar-refractivity contribution in [1.29, 1.82) is 0 Å². The molecule has 2 aliphatic heterocycles. The Kier molecular flexibility index (Phi) is 5.34. The lowest BCUT2D eigenvalue weighted by Gasteiger charge is -2.35. The lowest BCUT2D eigenvalue weighted by Crippen LogP contribution is -2.44. The highest BCUT2D eigenvalue weighted by atomic mass is 19.1. The van der Waals surface area contributed by atoms with Crippen LogP contribution in [0.1, 0.15) is 44.4 Å². The molecule has 0 spiro atoms. The summed E-state index contributed by atoms with van der Waals surface area (Å²) in [4.78, 5) is 40.0. The van der Waals surface area contributed by atoms with Crippen molar-refractivity contribution in [3.8, 4) is 5.75 Å². The molecule has 1 atom stereocenters. The summed E-state index contributed by atoms with van der Waals surface area (Å²) in [7, 11) is 0. The molecular formula is C24H17F4N3O4. The maximum Gasteiger partial charge on any atom is 0.279 e. The monoisotopic (exact) mass is 487 g/mol. The number of rotatable bonds is 3. The van der Waals surface area contributed by atoms with E-state index in [0.717, 1.165) is 6.20 Å². The first kappa shape index (κ1) is 22.6. The van der Waals surface area contributed by atoms with Crippen molar-refractivity contribution in [3.05, 3.63) is 92.4 Å². The number of anilines is 1. The average molecular weight is 487 g/mol. The van der Waals surface area contributed by atoms with Crippen LogP contribution in [0.5, 0.6) is 5.75 Å². The number of benzene rings is 2. The van der Waals surface area contributed by atoms with Crippen LogP contribution >= 0.6 is 0 Å². The fourth-order valence-electron chi connectivity index (χ4n) is 4.57. The number of halogens is 4. The predicted octanol–water partition coefficient (Wildman–Crippen LogP) is 3.19. The predicted molar refractivity (Wildman–Crippen MR) is 115 cm³/mol. The quantitative estimate of drug-likeness (QED) is 0.556. The van der Waals surface area contributed by atoms with E-state index in [1.54, 1.807) is 0 Å². The Balaban J connectivity index is 1.50. The Morgan fingerprint density at radius 3 is 2.49 bits per heavy atom. The number of aryl methyl sites for hydroxylation is 1. The summed E-state index contributed by atoms with van der Waals surface area (Å²) in [5.74, 6) is -6.69. The summed E-state index contributed by atoms with van der Waals surface area (Å²) in [6, 6.07) is 4.47. The van der Waals surface area contributed by atoms with Crippen LogP contribution < -0.4 is 15.6 Å². The number of carbonyl (C=O) groups is 2. The first-order chi connectivity index (χ1) is 16.7. The standard InChI is InChI=1S/C24H17F4N3O4/c25-12-2-4-19-11(5-12)1-3-14-9-31(19)24(35)20-22(33)21(32)16(10-30(14)20)23(34)29-8-15-17(27)6-13(26)7-18(15)28/h2,4-7,10,14,33H,1,3,8-9H2,(H,29,34)/t14-/m0/s1. The number of carbonyl (C=O) groups excluding carboxylic acids is 2. The van der Waals surface area contributed by atoms with Gasteiger partial charge in [-0.1, -0.05) is 0 Å². The van der Waals surface area contributed by atoms with Crippen molar-refractivity contribution in [2.75, 3.05) is 11.4 Å². The molecule has 0 unspecified atom stereocenters. The maximum absolute atomic E-state index is 13.9. The van der Waals surface area contributed by atoms with Crippen LogP contribution in [0.3, 0.4) is 0 Å². The van der Waals surface area contributed by atoms with Gasteiger partial charge < -0.3 is 19.9 Å². The molecule has 2 bridgehead atoms. The zero-order chi connectivity index (χ0) is 25.0. The van der Waals surface area contributed by atoms with Crippen molar-refractivity contribution >= 4 is 17.5 Å². The number of fused-ring (bicyclic) bond motifs is 6. The van der Waals surface area contributed by atoms with Gasteiger partial charge in [-0.3, -0.25) is 14.4 Å². The second-order valence-electron chi connectivity index (χ2n) is 8.39. The van der Waals surface area contributed by atoms with Gasteiger partial charge in [0.25, 0.3) is 11.8 Å². The fourth-order valence-corrected chi connectivity index (χ4v) is 4.57. The van der Waals surface area contributed by atoms with Gasteiger partial charge in [-0.15, -0.1) is 0 Å².